The molecule has 0 aliphatic rings. The van der Waals surface area contributed by atoms with Crippen LogP contribution in [0.2, 0.25) is 0 Å². The van der Waals surface area contributed by atoms with Gasteiger partial charge in [-0.3, -0.25) is 24.0 Å². The first-order valence-corrected chi connectivity index (χ1v) is 11.4. The van der Waals surface area contributed by atoms with E-state index in [1.54, 1.807) is 0 Å². The van der Waals surface area contributed by atoms with Gasteiger partial charge in [-0.15, -0.1) is 0 Å². The van der Waals surface area contributed by atoms with E-state index >= 15 is 0 Å². The number of unbranched alkanes of at least 4 members (excludes halogenated alkanes) is 1. The Morgan fingerprint density at radius 2 is 1.24 bits per heavy atom. The fourth-order valence-electron chi connectivity index (χ4n) is 2.44. The Labute approximate surface area is 213 Å². The van der Waals surface area contributed by atoms with E-state index in [0.717, 1.165) is 7.11 Å². The highest BCUT2D eigenvalue weighted by Crippen LogP contribution is 1.98. The molecule has 0 saturated carbocycles. The molecule has 0 bridgehead atoms. The van der Waals surface area contributed by atoms with Crippen molar-refractivity contribution in [1.29, 1.82) is 0 Å². The molecule has 4 N–H and O–H groups in total. The lowest BCUT2D eigenvalue weighted by Crippen LogP contribution is -2.47. The molecular weight excluding hydrogens is 496 g/mol. The Morgan fingerprint density at radius 1 is 0.703 bits per heavy atom. The predicted octanol–water partition coefficient (Wildman–Crippen LogP) is -2.37. The van der Waals surface area contributed by atoms with Crippen LogP contribution < -0.4 is 21.3 Å². The summed E-state index contributed by atoms with van der Waals surface area (Å²) in [5.74, 6) is -5.88. The standard InChI is InChI=1S/C22H34N4O11/c1-12(11-27)36-20(32)13(2)25-17(29)10-16(28)23-8-6-7-9-24-18(30)19(31)26-14(3)21(33)37-15(4)22(34)35-5/h11-15H,6-10H2,1-5H3,(H,23,28)(H,24,30)(H,25,29)(H,26,31). The Hall–Kier alpha value is -4.04. The maximum absolute atomic E-state index is 11.9. The minimum Gasteiger partial charge on any atom is -0.466 e. The molecule has 15 nitrogen and oxygen atoms in total. The Morgan fingerprint density at radius 3 is 1.81 bits per heavy atom. The summed E-state index contributed by atoms with van der Waals surface area (Å²) in [5, 5.41) is 9.27. The number of esters is 3. The van der Waals surface area contributed by atoms with Crippen molar-refractivity contribution < 1.29 is 52.6 Å². The normalized spacial score (nSPS) is 13.4. The van der Waals surface area contributed by atoms with E-state index in [4.69, 9.17) is 9.47 Å². The van der Waals surface area contributed by atoms with Crippen LogP contribution in [0.15, 0.2) is 0 Å². The first-order valence-electron chi connectivity index (χ1n) is 11.4. The average molecular weight is 531 g/mol. The van der Waals surface area contributed by atoms with Crippen molar-refractivity contribution in [3.63, 3.8) is 0 Å². The molecule has 0 fully saturated rings. The minimum atomic E-state index is -1.19. The second kappa shape index (κ2) is 17.4. The minimum absolute atomic E-state index is 0.0969. The number of methoxy groups -OCH3 is 1. The first kappa shape index (κ1) is 33.0. The van der Waals surface area contributed by atoms with Crippen molar-refractivity contribution in [2.45, 2.75) is 71.2 Å². The molecule has 4 atom stereocenters. The summed E-state index contributed by atoms with van der Waals surface area (Å²) >= 11 is 0. The van der Waals surface area contributed by atoms with Gasteiger partial charge in [0.05, 0.1) is 7.11 Å². The van der Waals surface area contributed by atoms with Gasteiger partial charge in [-0.05, 0) is 40.5 Å². The van der Waals surface area contributed by atoms with Gasteiger partial charge in [-0.2, -0.15) is 0 Å². The molecule has 0 aliphatic heterocycles. The molecule has 0 radical (unpaired) electrons. The van der Waals surface area contributed by atoms with Crippen LogP contribution in [0.25, 0.3) is 0 Å². The Bertz CT molecular complexity index is 862. The van der Waals surface area contributed by atoms with Crippen LogP contribution in [0.1, 0.15) is 47.0 Å². The van der Waals surface area contributed by atoms with Crippen LogP contribution >= 0.6 is 0 Å². The van der Waals surface area contributed by atoms with Crippen molar-refractivity contribution in [3.8, 4) is 0 Å². The van der Waals surface area contributed by atoms with Crippen LogP contribution in [0.3, 0.4) is 0 Å². The van der Waals surface area contributed by atoms with Crippen LogP contribution in [0.5, 0.6) is 0 Å². The quantitative estimate of drug-likeness (QED) is 0.0439. The van der Waals surface area contributed by atoms with Crippen molar-refractivity contribution in [1.82, 2.24) is 21.3 Å². The van der Waals surface area contributed by atoms with Crippen LogP contribution in [0.4, 0.5) is 0 Å². The summed E-state index contributed by atoms with van der Waals surface area (Å²) in [4.78, 5) is 92.6. The molecule has 15 heteroatoms. The number of ether oxygens (including phenoxy) is 3. The second-order valence-electron chi connectivity index (χ2n) is 7.85. The van der Waals surface area contributed by atoms with E-state index < -0.39 is 72.2 Å². The highest BCUT2D eigenvalue weighted by atomic mass is 16.6. The summed E-state index contributed by atoms with van der Waals surface area (Å²) in [7, 11) is 1.12. The summed E-state index contributed by atoms with van der Waals surface area (Å²) in [6.45, 7) is 5.57. The SMILES string of the molecule is COC(=O)C(C)OC(=O)C(C)NC(=O)C(=O)NCCCCNC(=O)CC(=O)NC(C)C(=O)OC(C)C=O. The maximum atomic E-state index is 11.9. The van der Waals surface area contributed by atoms with E-state index in [1.165, 1.54) is 27.7 Å². The molecule has 37 heavy (non-hydrogen) atoms. The van der Waals surface area contributed by atoms with Crippen molar-refractivity contribution in [2.75, 3.05) is 20.2 Å². The monoisotopic (exact) mass is 530 g/mol. The molecule has 0 aliphatic carbocycles. The van der Waals surface area contributed by atoms with Crippen molar-refractivity contribution in [2.24, 2.45) is 0 Å². The molecule has 0 saturated heterocycles. The molecule has 0 heterocycles. The zero-order chi connectivity index (χ0) is 28.5. The van der Waals surface area contributed by atoms with Gasteiger partial charge in [-0.25, -0.2) is 14.4 Å². The van der Waals surface area contributed by atoms with Crippen molar-refractivity contribution in [3.05, 3.63) is 0 Å². The van der Waals surface area contributed by atoms with Gasteiger partial charge in [0.2, 0.25) is 11.8 Å². The van der Waals surface area contributed by atoms with Crippen LogP contribution in [-0.4, -0.2) is 92.3 Å². The molecule has 4 amide bonds. The third kappa shape index (κ3) is 14.2. The fourth-order valence-corrected chi connectivity index (χ4v) is 2.44. The summed E-state index contributed by atoms with van der Waals surface area (Å²) in [6, 6.07) is -2.23. The number of nitrogens with one attached hydrogen (secondary N) is 4. The maximum Gasteiger partial charge on any atom is 0.346 e. The van der Waals surface area contributed by atoms with E-state index in [2.05, 4.69) is 26.0 Å². The third-order valence-electron chi connectivity index (χ3n) is 4.49. The predicted molar refractivity (Wildman–Crippen MR) is 124 cm³/mol. The summed E-state index contributed by atoms with van der Waals surface area (Å²) < 4.78 is 14.0. The lowest BCUT2D eigenvalue weighted by atomic mass is 10.2. The third-order valence-corrected chi connectivity index (χ3v) is 4.49. The smallest absolute Gasteiger partial charge is 0.346 e. The lowest BCUT2D eigenvalue weighted by molar-refractivity contribution is -0.166. The first-order chi connectivity index (χ1) is 17.3. The Kier molecular flexibility index (Phi) is 15.5. The average Bonchev–Trinajstić information content (AvgIpc) is 2.84. The summed E-state index contributed by atoms with van der Waals surface area (Å²) in [6.07, 6.45) is -1.43. The van der Waals surface area contributed by atoms with E-state index in [-0.39, 0.29) is 13.1 Å². The van der Waals surface area contributed by atoms with Gasteiger partial charge >= 0.3 is 29.7 Å². The highest BCUT2D eigenvalue weighted by Gasteiger charge is 2.25. The van der Waals surface area contributed by atoms with E-state index in [9.17, 15) is 38.4 Å². The van der Waals surface area contributed by atoms with Gasteiger partial charge in [0, 0.05) is 13.1 Å². The zero-order valence-electron chi connectivity index (χ0n) is 21.4. The largest absolute Gasteiger partial charge is 0.466 e. The number of carbonyl (C=O) groups is 8. The van der Waals surface area contributed by atoms with Crippen molar-refractivity contribution >= 4 is 47.8 Å². The summed E-state index contributed by atoms with van der Waals surface area (Å²) in [5.41, 5.74) is 0. The Balaban J connectivity index is 4.11. The van der Waals surface area contributed by atoms with Crippen LogP contribution in [0, 0.1) is 0 Å². The van der Waals surface area contributed by atoms with Gasteiger partial charge in [0.15, 0.2) is 18.5 Å². The number of carbonyl (C=O) groups excluding carboxylic acids is 8. The van der Waals surface area contributed by atoms with Gasteiger partial charge in [0.25, 0.3) is 0 Å². The number of hydrogen-bond donors (Lipinski definition) is 4. The molecule has 208 valence electrons. The molecule has 0 spiro atoms. The molecule has 4 unspecified atom stereocenters. The van der Waals surface area contributed by atoms with Gasteiger partial charge in [0.1, 0.15) is 18.5 Å². The lowest BCUT2D eigenvalue weighted by Gasteiger charge is -2.16. The molecule has 0 aromatic carbocycles. The molecular formula is C22H34N4O11. The zero-order valence-corrected chi connectivity index (χ0v) is 21.4. The number of hydrogen-bond acceptors (Lipinski definition) is 11. The second-order valence-corrected chi connectivity index (χ2v) is 7.85. The van der Waals surface area contributed by atoms with Crippen LogP contribution in [-0.2, 0) is 52.6 Å². The van der Waals surface area contributed by atoms with Gasteiger partial charge in [-0.1, -0.05) is 0 Å². The molecule has 0 aromatic rings. The number of amides is 4. The number of rotatable bonds is 15. The highest BCUT2D eigenvalue weighted by molar-refractivity contribution is 6.35. The molecule has 0 rings (SSSR count). The molecule has 0 aromatic heterocycles. The van der Waals surface area contributed by atoms with E-state index in [1.807, 2.05) is 0 Å². The van der Waals surface area contributed by atoms with E-state index in [0.29, 0.717) is 19.1 Å². The topological polar surface area (TPSA) is 212 Å². The van der Waals surface area contributed by atoms with Gasteiger partial charge < -0.3 is 35.5 Å². The number of aldehydes is 1. The fraction of sp³-hybridized carbons (Fsp3) is 0.636.